The summed E-state index contributed by atoms with van der Waals surface area (Å²) >= 11 is 7.64. The van der Waals surface area contributed by atoms with E-state index in [9.17, 15) is 0 Å². The molecule has 1 N–H and O–H groups in total. The van der Waals surface area contributed by atoms with Gasteiger partial charge in [0.25, 0.3) is 0 Å². The van der Waals surface area contributed by atoms with Gasteiger partial charge in [0.1, 0.15) is 5.82 Å². The average Bonchev–Trinajstić information content (AvgIpc) is 2.91. The zero-order valence-corrected chi connectivity index (χ0v) is 11.2. The number of thiophene rings is 1. The molecule has 0 saturated carbocycles. The Morgan fingerprint density at radius 3 is 2.83 bits per heavy atom. The fourth-order valence-electron chi connectivity index (χ4n) is 1.81. The first-order chi connectivity index (χ1) is 8.78. The van der Waals surface area contributed by atoms with Crippen LogP contribution in [-0.4, -0.2) is 17.0 Å². The van der Waals surface area contributed by atoms with Gasteiger partial charge in [0.05, 0.1) is 5.52 Å². The van der Waals surface area contributed by atoms with Gasteiger partial charge >= 0.3 is 0 Å². The maximum atomic E-state index is 6.01. The molecule has 18 heavy (non-hydrogen) atoms. The molecule has 0 aliphatic carbocycles. The van der Waals surface area contributed by atoms with Crippen LogP contribution >= 0.6 is 22.9 Å². The number of fused-ring (bicyclic) bond motifs is 1. The van der Waals surface area contributed by atoms with Crippen LogP contribution in [0.2, 0.25) is 5.02 Å². The van der Waals surface area contributed by atoms with Crippen LogP contribution in [0.5, 0.6) is 0 Å². The molecule has 0 saturated heterocycles. The van der Waals surface area contributed by atoms with Crippen molar-refractivity contribution in [1.82, 2.24) is 9.97 Å². The van der Waals surface area contributed by atoms with E-state index in [0.29, 0.717) is 5.02 Å². The van der Waals surface area contributed by atoms with Crippen LogP contribution in [0.4, 0.5) is 5.82 Å². The molecular formula is C13H10ClN3S. The van der Waals surface area contributed by atoms with Crippen molar-refractivity contribution in [2.75, 3.05) is 12.4 Å². The predicted molar refractivity (Wildman–Crippen MR) is 77.4 cm³/mol. The highest BCUT2D eigenvalue weighted by molar-refractivity contribution is 7.08. The number of halogens is 1. The molecule has 1 aromatic carbocycles. The molecule has 0 fully saturated rings. The minimum absolute atomic E-state index is 0.686. The van der Waals surface area contributed by atoms with Crippen molar-refractivity contribution in [3.05, 3.63) is 40.0 Å². The van der Waals surface area contributed by atoms with E-state index in [2.05, 4.69) is 15.3 Å². The highest BCUT2D eigenvalue weighted by atomic mass is 35.5. The van der Waals surface area contributed by atoms with Gasteiger partial charge in [-0.15, -0.1) is 0 Å². The lowest BCUT2D eigenvalue weighted by Gasteiger charge is -2.07. The summed E-state index contributed by atoms with van der Waals surface area (Å²) in [5, 5.41) is 8.77. The Morgan fingerprint density at radius 1 is 1.22 bits per heavy atom. The fourth-order valence-corrected chi connectivity index (χ4v) is 2.62. The van der Waals surface area contributed by atoms with E-state index in [-0.39, 0.29) is 0 Å². The largest absolute Gasteiger partial charge is 0.373 e. The van der Waals surface area contributed by atoms with Crippen molar-refractivity contribution in [1.29, 1.82) is 0 Å². The summed E-state index contributed by atoms with van der Waals surface area (Å²) in [5.74, 6) is 1.53. The lowest BCUT2D eigenvalue weighted by atomic mass is 10.2. The molecule has 2 aromatic heterocycles. The number of aromatic nitrogens is 2. The molecule has 0 unspecified atom stereocenters. The van der Waals surface area contributed by atoms with Crippen LogP contribution in [0.15, 0.2) is 35.0 Å². The van der Waals surface area contributed by atoms with Gasteiger partial charge in [-0.1, -0.05) is 11.6 Å². The van der Waals surface area contributed by atoms with Crippen molar-refractivity contribution >= 4 is 39.7 Å². The summed E-state index contributed by atoms with van der Waals surface area (Å²) in [6.45, 7) is 0. The molecule has 0 spiro atoms. The van der Waals surface area contributed by atoms with E-state index in [4.69, 9.17) is 11.6 Å². The van der Waals surface area contributed by atoms with Gasteiger partial charge in [-0.25, -0.2) is 9.97 Å². The van der Waals surface area contributed by atoms with Gasteiger partial charge in [0.15, 0.2) is 5.82 Å². The topological polar surface area (TPSA) is 37.8 Å². The molecule has 90 valence electrons. The zero-order chi connectivity index (χ0) is 12.5. The van der Waals surface area contributed by atoms with E-state index in [0.717, 1.165) is 28.1 Å². The molecule has 3 nitrogen and oxygen atoms in total. The minimum Gasteiger partial charge on any atom is -0.373 e. The number of anilines is 1. The van der Waals surface area contributed by atoms with Crippen LogP contribution in [0.3, 0.4) is 0 Å². The molecule has 0 radical (unpaired) electrons. The second-order valence-electron chi connectivity index (χ2n) is 3.82. The molecule has 5 heteroatoms. The molecule has 0 aliphatic heterocycles. The average molecular weight is 276 g/mol. The van der Waals surface area contributed by atoms with Crippen molar-refractivity contribution in [2.24, 2.45) is 0 Å². The van der Waals surface area contributed by atoms with Gasteiger partial charge in [-0.2, -0.15) is 11.3 Å². The summed E-state index contributed by atoms with van der Waals surface area (Å²) in [5.41, 5.74) is 1.92. The first kappa shape index (κ1) is 11.4. The number of hydrogen-bond acceptors (Lipinski definition) is 4. The highest BCUT2D eigenvalue weighted by Crippen LogP contribution is 2.27. The summed E-state index contributed by atoms with van der Waals surface area (Å²) < 4.78 is 0. The van der Waals surface area contributed by atoms with Gasteiger partial charge in [-0.05, 0) is 29.6 Å². The third-order valence-electron chi connectivity index (χ3n) is 2.67. The van der Waals surface area contributed by atoms with E-state index in [1.54, 1.807) is 11.3 Å². The lowest BCUT2D eigenvalue weighted by Crippen LogP contribution is -1.98. The normalized spacial score (nSPS) is 10.8. The van der Waals surface area contributed by atoms with Gasteiger partial charge in [0, 0.05) is 28.4 Å². The number of nitrogens with zero attached hydrogens (tertiary/aromatic N) is 2. The van der Waals surface area contributed by atoms with Crippen molar-refractivity contribution in [3.8, 4) is 11.4 Å². The van der Waals surface area contributed by atoms with Crippen LogP contribution in [-0.2, 0) is 0 Å². The molecule has 0 aliphatic rings. The fraction of sp³-hybridized carbons (Fsp3) is 0.0769. The smallest absolute Gasteiger partial charge is 0.162 e. The Balaban J connectivity index is 2.28. The van der Waals surface area contributed by atoms with Gasteiger partial charge < -0.3 is 5.32 Å². The van der Waals surface area contributed by atoms with E-state index >= 15 is 0 Å². The van der Waals surface area contributed by atoms with Gasteiger partial charge in [-0.3, -0.25) is 0 Å². The Kier molecular flexibility index (Phi) is 2.89. The quantitative estimate of drug-likeness (QED) is 0.767. The Bertz CT molecular complexity index is 695. The third-order valence-corrected chi connectivity index (χ3v) is 3.59. The summed E-state index contributed by atoms with van der Waals surface area (Å²) in [4.78, 5) is 9.09. The number of benzene rings is 1. The lowest BCUT2D eigenvalue weighted by molar-refractivity contribution is 1.22. The Labute approximate surface area is 113 Å². The van der Waals surface area contributed by atoms with Crippen LogP contribution in [0.1, 0.15) is 0 Å². The van der Waals surface area contributed by atoms with Crippen LogP contribution < -0.4 is 5.32 Å². The molecule has 0 atom stereocenters. The first-order valence-corrected chi connectivity index (χ1v) is 6.77. The molecule has 0 bridgehead atoms. The van der Waals surface area contributed by atoms with Crippen molar-refractivity contribution in [2.45, 2.75) is 0 Å². The predicted octanol–water partition coefficient (Wildman–Crippen LogP) is 4.05. The molecule has 3 aromatic rings. The first-order valence-electron chi connectivity index (χ1n) is 5.45. The number of hydrogen-bond donors (Lipinski definition) is 1. The number of rotatable bonds is 2. The van der Waals surface area contributed by atoms with E-state index in [1.807, 2.05) is 42.1 Å². The zero-order valence-electron chi connectivity index (χ0n) is 9.64. The maximum Gasteiger partial charge on any atom is 0.162 e. The van der Waals surface area contributed by atoms with Gasteiger partial charge in [0.2, 0.25) is 0 Å². The van der Waals surface area contributed by atoms with E-state index in [1.165, 1.54) is 0 Å². The van der Waals surface area contributed by atoms with Crippen LogP contribution in [0.25, 0.3) is 22.3 Å². The second-order valence-corrected chi connectivity index (χ2v) is 5.04. The SMILES string of the molecule is CNc1nc(-c2ccsc2)nc2ccc(Cl)cc12. The monoisotopic (exact) mass is 275 g/mol. The summed E-state index contributed by atoms with van der Waals surface area (Å²) in [6, 6.07) is 7.64. The van der Waals surface area contributed by atoms with Crippen molar-refractivity contribution < 1.29 is 0 Å². The molecule has 3 rings (SSSR count). The highest BCUT2D eigenvalue weighted by Gasteiger charge is 2.09. The Morgan fingerprint density at radius 2 is 2.11 bits per heavy atom. The molecule has 2 heterocycles. The summed E-state index contributed by atoms with van der Waals surface area (Å²) in [6.07, 6.45) is 0. The second kappa shape index (κ2) is 4.55. The minimum atomic E-state index is 0.686. The third kappa shape index (κ3) is 1.94. The van der Waals surface area contributed by atoms with Crippen molar-refractivity contribution in [3.63, 3.8) is 0 Å². The Hall–Kier alpha value is -1.65. The molecular weight excluding hydrogens is 266 g/mol. The molecule has 0 amide bonds. The van der Waals surface area contributed by atoms with Crippen LogP contribution in [0, 0.1) is 0 Å². The summed E-state index contributed by atoms with van der Waals surface area (Å²) in [7, 11) is 1.85. The number of nitrogens with one attached hydrogen (secondary N) is 1. The van der Waals surface area contributed by atoms with E-state index < -0.39 is 0 Å². The standard InChI is InChI=1S/C13H10ClN3S/c1-15-13-10-6-9(14)2-3-11(10)16-12(17-13)8-4-5-18-7-8/h2-7H,1H3,(H,15,16,17). The maximum absolute atomic E-state index is 6.01.